The van der Waals surface area contributed by atoms with E-state index in [1.54, 1.807) is 0 Å². The van der Waals surface area contributed by atoms with Crippen LogP contribution in [0, 0.1) is 5.92 Å². The third-order valence-electron chi connectivity index (χ3n) is 5.60. The van der Waals surface area contributed by atoms with E-state index in [9.17, 15) is 35.9 Å². The number of anilines is 1. The lowest BCUT2D eigenvalue weighted by atomic mass is 9.97. The van der Waals surface area contributed by atoms with Crippen molar-refractivity contribution in [3.05, 3.63) is 47.0 Å². The summed E-state index contributed by atoms with van der Waals surface area (Å²) in [5, 5.41) is 10.4. The number of hydrogen-bond acceptors (Lipinski definition) is 5. The fraction of sp³-hybridized carbons (Fsp3) is 0.318. The van der Waals surface area contributed by atoms with Gasteiger partial charge in [-0.25, -0.2) is 4.79 Å². The summed E-state index contributed by atoms with van der Waals surface area (Å²) in [5.41, 5.74) is -0.452. The van der Waals surface area contributed by atoms with Crippen LogP contribution in [0.2, 0.25) is 5.02 Å². The number of carbonyl (C=O) groups excluding carboxylic acids is 2. The van der Waals surface area contributed by atoms with E-state index in [-0.39, 0.29) is 35.1 Å². The summed E-state index contributed by atoms with van der Waals surface area (Å²) in [6.45, 7) is -0.236. The number of rotatable bonds is 4. The molecule has 4 rings (SSSR count). The minimum atomic E-state index is -5.17. The van der Waals surface area contributed by atoms with Crippen molar-refractivity contribution >= 4 is 40.2 Å². The Hall–Kier alpha value is -3.32. The third-order valence-corrected chi connectivity index (χ3v) is 5.84. The highest BCUT2D eigenvalue weighted by Gasteiger charge is 2.43. The van der Waals surface area contributed by atoms with Crippen molar-refractivity contribution in [1.82, 2.24) is 15.3 Å². The van der Waals surface area contributed by atoms with Crippen LogP contribution in [0.15, 0.2) is 36.4 Å². The van der Waals surface area contributed by atoms with E-state index in [0.717, 1.165) is 17.2 Å². The van der Waals surface area contributed by atoms with Crippen molar-refractivity contribution in [2.45, 2.75) is 25.2 Å². The first-order valence-corrected chi connectivity index (χ1v) is 10.9. The molecule has 0 saturated carbocycles. The molecule has 0 bridgehead atoms. The van der Waals surface area contributed by atoms with Gasteiger partial charge in [-0.1, -0.05) is 17.7 Å². The van der Waals surface area contributed by atoms with Gasteiger partial charge in [-0.15, -0.1) is 5.06 Å². The van der Waals surface area contributed by atoms with Crippen molar-refractivity contribution in [1.29, 1.82) is 0 Å². The number of hydroxylamine groups is 2. The molecule has 1 aromatic heterocycles. The molecule has 1 saturated heterocycles. The van der Waals surface area contributed by atoms with E-state index >= 15 is 0 Å². The second-order valence-electron chi connectivity index (χ2n) is 8.11. The summed E-state index contributed by atoms with van der Waals surface area (Å²) in [7, 11) is 0. The Morgan fingerprint density at radius 1 is 1.11 bits per heavy atom. The highest BCUT2D eigenvalue weighted by Crippen LogP contribution is 2.39. The molecule has 36 heavy (non-hydrogen) atoms. The van der Waals surface area contributed by atoms with Gasteiger partial charge in [0.2, 0.25) is 5.91 Å². The number of amides is 1. The molecular formula is C22H17ClF6N4O3. The van der Waals surface area contributed by atoms with Gasteiger partial charge in [0.25, 0.3) is 0 Å². The Morgan fingerprint density at radius 2 is 1.86 bits per heavy atom. The molecule has 2 aromatic carbocycles. The number of H-pyrrole nitrogens is 1. The van der Waals surface area contributed by atoms with Gasteiger partial charge in [0.1, 0.15) is 0 Å². The first kappa shape index (κ1) is 25.8. The molecule has 2 heterocycles. The summed E-state index contributed by atoms with van der Waals surface area (Å²) in [6, 6.07) is 7.54. The van der Waals surface area contributed by atoms with E-state index in [4.69, 9.17) is 11.6 Å². The molecule has 1 unspecified atom stereocenters. The Labute approximate surface area is 204 Å². The molecule has 1 aliphatic heterocycles. The van der Waals surface area contributed by atoms with Crippen molar-refractivity contribution < 1.29 is 40.8 Å². The van der Waals surface area contributed by atoms with Crippen LogP contribution >= 0.6 is 11.6 Å². The standard InChI is InChI=1S/C22H17ClF6N4O3/c23-13-4-5-16(21(24,25)26)14(9-13)11-3-6-17-15(8-11)18(32-31-17)30-19(34)12-2-1-7-33(10-12)36-20(35)22(27,28)29/h3-6,8-9,12H,1-2,7,10H2,(H2,30,31,32,34). The Bertz CT molecular complexity index is 1310. The number of benzene rings is 2. The maximum Gasteiger partial charge on any atom is 0.492 e. The SMILES string of the molecule is O=C(Nc1n[nH]c2ccc(-c3cc(Cl)ccc3C(F)(F)F)cc12)C1CCCN(OC(=O)C(F)(F)F)C1. The van der Waals surface area contributed by atoms with E-state index in [0.29, 0.717) is 23.7 Å². The molecule has 2 N–H and O–H groups in total. The van der Waals surface area contributed by atoms with Crippen LogP contribution in [-0.2, 0) is 20.6 Å². The normalized spacial score (nSPS) is 17.2. The molecule has 192 valence electrons. The Morgan fingerprint density at radius 3 is 2.56 bits per heavy atom. The van der Waals surface area contributed by atoms with Crippen LogP contribution in [0.4, 0.5) is 32.2 Å². The van der Waals surface area contributed by atoms with Gasteiger partial charge in [-0.05, 0) is 54.3 Å². The van der Waals surface area contributed by atoms with Crippen LogP contribution in [0.5, 0.6) is 0 Å². The number of hydrogen-bond donors (Lipinski definition) is 2. The predicted octanol–water partition coefficient (Wildman–Crippen LogP) is 5.57. The summed E-state index contributed by atoms with van der Waals surface area (Å²) in [5.74, 6) is -3.77. The monoisotopic (exact) mass is 534 g/mol. The first-order chi connectivity index (χ1) is 16.8. The van der Waals surface area contributed by atoms with E-state index in [1.807, 2.05) is 0 Å². The van der Waals surface area contributed by atoms with Gasteiger partial charge < -0.3 is 10.2 Å². The van der Waals surface area contributed by atoms with Gasteiger partial charge >= 0.3 is 18.3 Å². The quantitative estimate of drug-likeness (QED) is 0.427. The van der Waals surface area contributed by atoms with Crippen LogP contribution in [0.25, 0.3) is 22.0 Å². The molecule has 1 fully saturated rings. The highest BCUT2D eigenvalue weighted by atomic mass is 35.5. The van der Waals surface area contributed by atoms with Gasteiger partial charge in [0, 0.05) is 23.5 Å². The first-order valence-electron chi connectivity index (χ1n) is 10.5. The molecule has 0 radical (unpaired) electrons. The number of fused-ring (bicyclic) bond motifs is 1. The van der Waals surface area contributed by atoms with Crippen molar-refractivity contribution in [3.8, 4) is 11.1 Å². The largest absolute Gasteiger partial charge is 0.492 e. The van der Waals surface area contributed by atoms with Gasteiger partial charge in [0.05, 0.1) is 17.0 Å². The van der Waals surface area contributed by atoms with Gasteiger partial charge in [-0.3, -0.25) is 9.89 Å². The summed E-state index contributed by atoms with van der Waals surface area (Å²) in [4.78, 5) is 28.2. The lowest BCUT2D eigenvalue weighted by Gasteiger charge is -2.30. The molecule has 3 aromatic rings. The lowest BCUT2D eigenvalue weighted by Crippen LogP contribution is -2.43. The smallest absolute Gasteiger partial charge is 0.361 e. The van der Waals surface area contributed by atoms with E-state index in [1.165, 1.54) is 24.3 Å². The zero-order chi connectivity index (χ0) is 26.3. The summed E-state index contributed by atoms with van der Waals surface area (Å²) >= 11 is 5.93. The number of carbonyl (C=O) groups is 2. The zero-order valence-corrected chi connectivity index (χ0v) is 18.9. The molecule has 1 amide bonds. The topological polar surface area (TPSA) is 87.3 Å². The van der Waals surface area contributed by atoms with Gasteiger partial charge in [0.15, 0.2) is 5.82 Å². The fourth-order valence-electron chi connectivity index (χ4n) is 3.91. The zero-order valence-electron chi connectivity index (χ0n) is 18.1. The van der Waals surface area contributed by atoms with Crippen molar-refractivity contribution in [2.75, 3.05) is 18.4 Å². The highest BCUT2D eigenvalue weighted by molar-refractivity contribution is 6.31. The molecule has 1 aliphatic rings. The molecule has 7 nitrogen and oxygen atoms in total. The third kappa shape index (κ3) is 5.57. The average molecular weight is 535 g/mol. The van der Waals surface area contributed by atoms with Crippen LogP contribution in [0.3, 0.4) is 0 Å². The number of aromatic amines is 1. The van der Waals surface area contributed by atoms with Crippen molar-refractivity contribution in [2.24, 2.45) is 5.92 Å². The molecule has 0 aliphatic carbocycles. The van der Waals surface area contributed by atoms with E-state index < -0.39 is 35.7 Å². The number of halogens is 7. The number of alkyl halides is 6. The fourth-order valence-corrected chi connectivity index (χ4v) is 4.08. The second-order valence-corrected chi connectivity index (χ2v) is 8.55. The molecule has 14 heteroatoms. The molecular weight excluding hydrogens is 518 g/mol. The average Bonchev–Trinajstić information content (AvgIpc) is 3.19. The van der Waals surface area contributed by atoms with Gasteiger partial charge in [-0.2, -0.15) is 31.4 Å². The minimum Gasteiger partial charge on any atom is -0.361 e. The van der Waals surface area contributed by atoms with Crippen LogP contribution in [0.1, 0.15) is 18.4 Å². The minimum absolute atomic E-state index is 0.0249. The van der Waals surface area contributed by atoms with Crippen LogP contribution in [-0.4, -0.2) is 46.4 Å². The maximum absolute atomic E-state index is 13.5. The number of nitrogens with one attached hydrogen (secondary N) is 2. The second kappa shape index (κ2) is 9.62. The summed E-state index contributed by atoms with van der Waals surface area (Å²) < 4.78 is 78.0. The Kier molecular flexibility index (Phi) is 6.88. The number of nitrogens with zero attached hydrogens (tertiary/aromatic N) is 2. The van der Waals surface area contributed by atoms with Crippen molar-refractivity contribution in [3.63, 3.8) is 0 Å². The Balaban J connectivity index is 1.56. The number of piperidine rings is 1. The molecule has 0 spiro atoms. The maximum atomic E-state index is 13.5. The van der Waals surface area contributed by atoms with E-state index in [2.05, 4.69) is 20.4 Å². The lowest BCUT2D eigenvalue weighted by molar-refractivity contribution is -0.243. The summed E-state index contributed by atoms with van der Waals surface area (Å²) in [6.07, 6.45) is -9.19. The predicted molar refractivity (Wildman–Crippen MR) is 117 cm³/mol. The number of aromatic nitrogens is 2. The molecule has 1 atom stereocenters. The van der Waals surface area contributed by atoms with Crippen LogP contribution < -0.4 is 5.32 Å².